The fourth-order valence-electron chi connectivity index (χ4n) is 3.71. The van der Waals surface area contributed by atoms with Crippen molar-refractivity contribution in [1.82, 2.24) is 20.4 Å². The molecule has 2 N–H and O–H groups in total. The Kier molecular flexibility index (Phi) is 7.66. The molecule has 35 heavy (non-hydrogen) atoms. The number of ether oxygens (including phenoxy) is 1. The van der Waals surface area contributed by atoms with E-state index in [1.807, 2.05) is 0 Å². The third-order valence-electron chi connectivity index (χ3n) is 5.71. The number of piperidine rings is 1. The first-order chi connectivity index (χ1) is 16.9. The van der Waals surface area contributed by atoms with Gasteiger partial charge in [0.1, 0.15) is 11.6 Å². The summed E-state index contributed by atoms with van der Waals surface area (Å²) in [5, 5.41) is 13.4. The number of hydrogen-bond donors (Lipinski definition) is 2. The number of likely N-dealkylation sites (tertiary alicyclic amines) is 1. The average Bonchev–Trinajstić information content (AvgIpc) is 3.39. The summed E-state index contributed by atoms with van der Waals surface area (Å²) in [4.78, 5) is 39.4. The van der Waals surface area contributed by atoms with Gasteiger partial charge in [-0.15, -0.1) is 10.2 Å². The smallest absolute Gasteiger partial charge is 0.286 e. The summed E-state index contributed by atoms with van der Waals surface area (Å²) in [6, 6.07) is 13.1. The second kappa shape index (κ2) is 11.0. The van der Waals surface area contributed by atoms with Crippen molar-refractivity contribution in [3.8, 4) is 5.75 Å². The molecule has 1 fully saturated rings. The summed E-state index contributed by atoms with van der Waals surface area (Å²) in [5.74, 6) is -0.895. The lowest BCUT2D eigenvalue weighted by atomic mass is 9.95. The summed E-state index contributed by atoms with van der Waals surface area (Å²) in [5.41, 5.74) is 0.991. The van der Waals surface area contributed by atoms with Crippen LogP contribution in [0.4, 0.5) is 10.1 Å². The number of amides is 3. The lowest BCUT2D eigenvalue weighted by molar-refractivity contribution is -0.126. The Hall–Kier alpha value is -3.86. The maximum absolute atomic E-state index is 13.7. The highest BCUT2D eigenvalue weighted by Gasteiger charge is 2.30. The van der Waals surface area contributed by atoms with E-state index in [9.17, 15) is 18.8 Å². The topological polar surface area (TPSA) is 114 Å². The maximum atomic E-state index is 13.7. The Morgan fingerprint density at radius 3 is 2.43 bits per heavy atom. The van der Waals surface area contributed by atoms with Crippen LogP contribution < -0.4 is 15.4 Å². The number of hydrogen-bond acceptors (Lipinski definition) is 7. The maximum Gasteiger partial charge on any atom is 0.286 e. The third kappa shape index (κ3) is 5.99. The van der Waals surface area contributed by atoms with Gasteiger partial charge in [0, 0.05) is 36.8 Å². The number of anilines is 1. The molecule has 1 aliphatic heterocycles. The van der Waals surface area contributed by atoms with Crippen molar-refractivity contribution >= 4 is 34.7 Å². The highest BCUT2D eigenvalue weighted by atomic mass is 32.1. The van der Waals surface area contributed by atoms with Crippen molar-refractivity contribution in [1.29, 1.82) is 0 Å². The molecule has 4 rings (SSSR count). The number of aromatic nitrogens is 2. The average molecular weight is 498 g/mol. The summed E-state index contributed by atoms with van der Waals surface area (Å²) < 4.78 is 18.8. The molecule has 0 saturated carbocycles. The largest absolute Gasteiger partial charge is 0.497 e. The van der Waals surface area contributed by atoms with Crippen LogP contribution in [0.2, 0.25) is 0 Å². The van der Waals surface area contributed by atoms with Crippen LogP contribution in [-0.2, 0) is 11.3 Å². The number of methoxy groups -OCH3 is 1. The molecule has 3 amide bonds. The van der Waals surface area contributed by atoms with E-state index in [-0.39, 0.29) is 40.1 Å². The minimum atomic E-state index is -0.461. The van der Waals surface area contributed by atoms with Crippen LogP contribution in [0.1, 0.15) is 38.0 Å². The first kappa shape index (κ1) is 24.3. The molecule has 2 heterocycles. The zero-order valence-electron chi connectivity index (χ0n) is 19.0. The van der Waals surface area contributed by atoms with Gasteiger partial charge in [-0.2, -0.15) is 0 Å². The number of nitrogens with zero attached hydrogens (tertiary/aromatic N) is 3. The van der Waals surface area contributed by atoms with E-state index in [0.29, 0.717) is 42.9 Å². The molecule has 0 aliphatic carbocycles. The van der Waals surface area contributed by atoms with Gasteiger partial charge in [0.05, 0.1) is 7.11 Å². The molecule has 3 aromatic rings. The fourth-order valence-corrected chi connectivity index (χ4v) is 4.42. The zero-order chi connectivity index (χ0) is 24.8. The van der Waals surface area contributed by atoms with Crippen LogP contribution in [-0.4, -0.2) is 53.0 Å². The summed E-state index contributed by atoms with van der Waals surface area (Å²) in [7, 11) is 1.55. The second-order valence-corrected chi connectivity index (χ2v) is 8.95. The van der Waals surface area contributed by atoms with Crippen LogP contribution >= 0.6 is 11.3 Å². The first-order valence-corrected chi connectivity index (χ1v) is 11.9. The van der Waals surface area contributed by atoms with Crippen molar-refractivity contribution in [3.63, 3.8) is 0 Å². The molecule has 182 valence electrons. The molecule has 0 spiro atoms. The minimum absolute atomic E-state index is 0.0755. The predicted octanol–water partition coefficient (Wildman–Crippen LogP) is 3.11. The fraction of sp³-hybridized carbons (Fsp3) is 0.292. The van der Waals surface area contributed by atoms with Gasteiger partial charge in [-0.05, 0) is 43.2 Å². The Labute approximate surface area is 205 Å². The number of carbonyl (C=O) groups is 3. The Balaban J connectivity index is 1.27. The van der Waals surface area contributed by atoms with Crippen LogP contribution in [0.25, 0.3) is 0 Å². The normalized spacial score (nSPS) is 13.8. The van der Waals surface area contributed by atoms with Gasteiger partial charge in [-0.1, -0.05) is 29.5 Å². The van der Waals surface area contributed by atoms with E-state index < -0.39 is 5.91 Å². The van der Waals surface area contributed by atoms with Gasteiger partial charge in [0.25, 0.3) is 11.8 Å². The van der Waals surface area contributed by atoms with Crippen molar-refractivity contribution in [2.45, 2.75) is 19.4 Å². The second-order valence-electron chi connectivity index (χ2n) is 7.97. The number of carbonyl (C=O) groups excluding carboxylic acids is 3. The van der Waals surface area contributed by atoms with E-state index in [1.165, 1.54) is 6.07 Å². The summed E-state index contributed by atoms with van der Waals surface area (Å²) in [6.07, 6.45) is 0.969. The van der Waals surface area contributed by atoms with Crippen molar-refractivity contribution in [2.75, 3.05) is 25.5 Å². The Morgan fingerprint density at radius 2 is 1.74 bits per heavy atom. The third-order valence-corrected chi connectivity index (χ3v) is 6.62. The minimum Gasteiger partial charge on any atom is -0.497 e. The van der Waals surface area contributed by atoms with E-state index in [4.69, 9.17) is 4.74 Å². The van der Waals surface area contributed by atoms with Gasteiger partial charge in [0.2, 0.25) is 15.9 Å². The van der Waals surface area contributed by atoms with Gasteiger partial charge < -0.3 is 20.3 Å². The van der Waals surface area contributed by atoms with Crippen molar-refractivity contribution in [3.05, 3.63) is 69.9 Å². The van der Waals surface area contributed by atoms with Crippen LogP contribution in [0.5, 0.6) is 5.75 Å². The molecule has 0 radical (unpaired) electrons. The lowest BCUT2D eigenvalue weighted by Gasteiger charge is -2.30. The van der Waals surface area contributed by atoms with Gasteiger partial charge >= 0.3 is 0 Å². The number of nitrogens with one attached hydrogen (secondary N) is 2. The van der Waals surface area contributed by atoms with Gasteiger partial charge in [-0.25, -0.2) is 4.39 Å². The molecule has 9 nitrogen and oxygen atoms in total. The number of benzene rings is 2. The molecular weight excluding hydrogens is 473 g/mol. The van der Waals surface area contributed by atoms with Crippen molar-refractivity contribution in [2.24, 2.45) is 5.92 Å². The standard InChI is InChI=1S/C24H24FN5O4S/c1-34-18-8-6-17(7-9-18)27-21(32)22-28-29-23(35-22)24(33)30-12-10-15(11-13-30)20(31)26-14-16-4-2-3-5-19(16)25/h2-9,15H,10-14H2,1H3,(H,26,31)(H,27,32). The van der Waals surface area contributed by atoms with Crippen LogP contribution in [0, 0.1) is 11.7 Å². The highest BCUT2D eigenvalue weighted by molar-refractivity contribution is 7.15. The summed E-state index contributed by atoms with van der Waals surface area (Å²) in [6.45, 7) is 0.879. The molecule has 11 heteroatoms. The molecule has 0 bridgehead atoms. The zero-order valence-corrected chi connectivity index (χ0v) is 19.8. The number of halogens is 1. The molecule has 1 aromatic heterocycles. The number of rotatable bonds is 7. The van der Waals surface area contributed by atoms with Gasteiger partial charge in [-0.3, -0.25) is 14.4 Å². The summed E-state index contributed by atoms with van der Waals surface area (Å²) >= 11 is 0.919. The molecule has 0 unspecified atom stereocenters. The van der Waals surface area contributed by atoms with Gasteiger partial charge in [0.15, 0.2) is 0 Å². The first-order valence-electron chi connectivity index (χ1n) is 11.0. The molecule has 1 aliphatic rings. The quantitative estimate of drug-likeness (QED) is 0.519. The SMILES string of the molecule is COc1ccc(NC(=O)c2nnc(C(=O)N3CCC(C(=O)NCc4ccccc4F)CC3)s2)cc1. The van der Waals surface area contributed by atoms with E-state index in [2.05, 4.69) is 20.8 Å². The van der Waals surface area contributed by atoms with Crippen LogP contribution in [0.3, 0.4) is 0 Å². The van der Waals surface area contributed by atoms with E-state index in [0.717, 1.165) is 11.3 Å². The van der Waals surface area contributed by atoms with Crippen LogP contribution in [0.15, 0.2) is 48.5 Å². The monoisotopic (exact) mass is 497 g/mol. The van der Waals surface area contributed by atoms with E-state index >= 15 is 0 Å². The lowest BCUT2D eigenvalue weighted by Crippen LogP contribution is -2.43. The molecular formula is C24H24FN5O4S. The predicted molar refractivity (Wildman–Crippen MR) is 128 cm³/mol. The van der Waals surface area contributed by atoms with E-state index in [1.54, 1.807) is 54.5 Å². The highest BCUT2D eigenvalue weighted by Crippen LogP contribution is 2.22. The Morgan fingerprint density at radius 1 is 1.06 bits per heavy atom. The molecule has 1 saturated heterocycles. The van der Waals surface area contributed by atoms with Crippen molar-refractivity contribution < 1.29 is 23.5 Å². The molecule has 0 atom stereocenters. The molecule has 2 aromatic carbocycles. The Bertz CT molecular complexity index is 1210.